The van der Waals surface area contributed by atoms with Gasteiger partial charge in [0.25, 0.3) is 5.69 Å². The van der Waals surface area contributed by atoms with Crippen molar-refractivity contribution in [3.63, 3.8) is 0 Å². The van der Waals surface area contributed by atoms with Gasteiger partial charge < -0.3 is 5.73 Å². The van der Waals surface area contributed by atoms with E-state index in [2.05, 4.69) is 20.8 Å². The Balaban J connectivity index is 2.14. The van der Waals surface area contributed by atoms with Crippen LogP contribution in [0.3, 0.4) is 0 Å². The van der Waals surface area contributed by atoms with Gasteiger partial charge in [0.05, 0.1) is 9.40 Å². The number of hydrogen-bond donors (Lipinski definition) is 1. The SMILES string of the molecule is CN(Cc1cccc([N+](=O)[O-])c1Br)C(CN)C1CC1. The number of halogens is 1. The normalized spacial score (nSPS) is 16.6. The largest absolute Gasteiger partial charge is 0.329 e. The molecular weight excluding hydrogens is 310 g/mol. The summed E-state index contributed by atoms with van der Waals surface area (Å²) in [5.41, 5.74) is 6.86. The summed E-state index contributed by atoms with van der Waals surface area (Å²) in [6.07, 6.45) is 2.48. The maximum Gasteiger partial charge on any atom is 0.283 e. The lowest BCUT2D eigenvalue weighted by molar-refractivity contribution is -0.385. The highest BCUT2D eigenvalue weighted by Gasteiger charge is 2.33. The third-order valence-corrected chi connectivity index (χ3v) is 4.56. The summed E-state index contributed by atoms with van der Waals surface area (Å²) in [4.78, 5) is 12.7. The van der Waals surface area contributed by atoms with E-state index in [4.69, 9.17) is 5.73 Å². The maximum atomic E-state index is 10.9. The molecule has 2 N–H and O–H groups in total. The first-order valence-corrected chi connectivity index (χ1v) is 7.16. The van der Waals surface area contributed by atoms with Gasteiger partial charge >= 0.3 is 0 Å². The molecule has 19 heavy (non-hydrogen) atoms. The highest BCUT2D eigenvalue weighted by Crippen LogP contribution is 2.36. The van der Waals surface area contributed by atoms with Crippen molar-refractivity contribution in [3.8, 4) is 0 Å². The summed E-state index contributed by atoms with van der Waals surface area (Å²) in [5.74, 6) is 0.687. The molecule has 1 saturated carbocycles. The van der Waals surface area contributed by atoms with Crippen LogP contribution in [0.25, 0.3) is 0 Å². The number of nitro groups is 1. The fourth-order valence-electron chi connectivity index (χ4n) is 2.43. The second-order valence-corrected chi connectivity index (χ2v) is 5.86. The molecule has 0 radical (unpaired) electrons. The van der Waals surface area contributed by atoms with Gasteiger partial charge in [0.15, 0.2) is 0 Å². The standard InChI is InChI=1S/C13H18BrN3O2/c1-16(12(7-15)9-5-6-9)8-10-3-2-4-11(13(10)14)17(18)19/h2-4,9,12H,5-8,15H2,1H3. The van der Waals surface area contributed by atoms with Crippen molar-refractivity contribution in [1.82, 2.24) is 4.90 Å². The number of nitrogens with zero attached hydrogens (tertiary/aromatic N) is 2. The summed E-state index contributed by atoms with van der Waals surface area (Å²) in [5, 5.41) is 10.9. The molecule has 0 aliphatic heterocycles. The summed E-state index contributed by atoms with van der Waals surface area (Å²) >= 11 is 3.33. The number of nitrogens with two attached hydrogens (primary N) is 1. The van der Waals surface area contributed by atoms with E-state index in [-0.39, 0.29) is 10.6 Å². The predicted molar refractivity (Wildman–Crippen MR) is 77.8 cm³/mol. The molecule has 1 fully saturated rings. The fraction of sp³-hybridized carbons (Fsp3) is 0.538. The van der Waals surface area contributed by atoms with Crippen LogP contribution in [0.2, 0.25) is 0 Å². The van der Waals surface area contributed by atoms with Gasteiger partial charge in [-0.05, 0) is 47.3 Å². The minimum atomic E-state index is -0.366. The molecule has 0 heterocycles. The second kappa shape index (κ2) is 5.98. The summed E-state index contributed by atoms with van der Waals surface area (Å²) in [6.45, 7) is 1.30. The minimum Gasteiger partial charge on any atom is -0.329 e. The van der Waals surface area contributed by atoms with Gasteiger partial charge in [0, 0.05) is 25.2 Å². The molecule has 1 aliphatic rings. The average Bonchev–Trinajstić information content (AvgIpc) is 3.17. The molecule has 1 aliphatic carbocycles. The van der Waals surface area contributed by atoms with Gasteiger partial charge in [-0.15, -0.1) is 0 Å². The van der Waals surface area contributed by atoms with Gasteiger partial charge in [-0.25, -0.2) is 0 Å². The number of hydrogen-bond acceptors (Lipinski definition) is 4. The molecule has 2 rings (SSSR count). The zero-order chi connectivity index (χ0) is 14.0. The summed E-state index contributed by atoms with van der Waals surface area (Å²) in [6, 6.07) is 5.51. The minimum absolute atomic E-state index is 0.113. The Kier molecular flexibility index (Phi) is 4.54. The molecule has 1 unspecified atom stereocenters. The monoisotopic (exact) mass is 327 g/mol. The van der Waals surface area contributed by atoms with Crippen molar-refractivity contribution in [2.24, 2.45) is 11.7 Å². The summed E-state index contributed by atoms with van der Waals surface area (Å²) in [7, 11) is 2.03. The lowest BCUT2D eigenvalue weighted by Gasteiger charge is -2.27. The first kappa shape index (κ1) is 14.4. The van der Waals surface area contributed by atoms with Crippen LogP contribution in [0.1, 0.15) is 18.4 Å². The van der Waals surface area contributed by atoms with E-state index in [1.54, 1.807) is 6.07 Å². The van der Waals surface area contributed by atoms with E-state index < -0.39 is 0 Å². The first-order valence-electron chi connectivity index (χ1n) is 6.36. The zero-order valence-corrected chi connectivity index (χ0v) is 12.5. The van der Waals surface area contributed by atoms with E-state index in [0.717, 1.165) is 5.56 Å². The van der Waals surface area contributed by atoms with Crippen molar-refractivity contribution < 1.29 is 4.92 Å². The highest BCUT2D eigenvalue weighted by atomic mass is 79.9. The van der Waals surface area contributed by atoms with E-state index in [1.165, 1.54) is 18.9 Å². The third-order valence-electron chi connectivity index (χ3n) is 3.65. The number of benzene rings is 1. The molecule has 104 valence electrons. The highest BCUT2D eigenvalue weighted by molar-refractivity contribution is 9.10. The Hall–Kier alpha value is -0.980. The molecule has 0 bridgehead atoms. The van der Waals surface area contributed by atoms with Crippen LogP contribution >= 0.6 is 15.9 Å². The van der Waals surface area contributed by atoms with Gasteiger partial charge in [0.2, 0.25) is 0 Å². The van der Waals surface area contributed by atoms with E-state index in [0.29, 0.717) is 29.5 Å². The van der Waals surface area contributed by atoms with Gasteiger partial charge in [-0.1, -0.05) is 12.1 Å². The van der Waals surface area contributed by atoms with Gasteiger partial charge in [-0.2, -0.15) is 0 Å². The van der Waals surface area contributed by atoms with E-state index >= 15 is 0 Å². The molecule has 6 heteroatoms. The number of nitro benzene ring substituents is 1. The lowest BCUT2D eigenvalue weighted by Crippen LogP contribution is -2.39. The van der Waals surface area contributed by atoms with Crippen molar-refractivity contribution in [2.75, 3.05) is 13.6 Å². The van der Waals surface area contributed by atoms with Crippen LogP contribution in [-0.2, 0) is 6.54 Å². The topological polar surface area (TPSA) is 72.4 Å². The Bertz CT molecular complexity index is 477. The number of rotatable bonds is 6. The van der Waals surface area contributed by atoms with Crippen LogP contribution in [0.5, 0.6) is 0 Å². The molecule has 1 aromatic carbocycles. The maximum absolute atomic E-state index is 10.9. The molecule has 0 spiro atoms. The predicted octanol–water partition coefficient (Wildman–Crippen LogP) is 2.53. The molecule has 0 saturated heterocycles. The van der Waals surface area contributed by atoms with Crippen LogP contribution in [0.15, 0.2) is 22.7 Å². The quantitative estimate of drug-likeness (QED) is 0.643. The van der Waals surface area contributed by atoms with Crippen molar-refractivity contribution in [1.29, 1.82) is 0 Å². The molecule has 1 atom stereocenters. The molecule has 5 nitrogen and oxygen atoms in total. The third kappa shape index (κ3) is 3.32. The molecule has 0 amide bonds. The fourth-order valence-corrected chi connectivity index (χ4v) is 2.96. The number of likely N-dealkylation sites (N-methyl/N-ethyl adjacent to an activating group) is 1. The second-order valence-electron chi connectivity index (χ2n) is 5.06. The van der Waals surface area contributed by atoms with Crippen LogP contribution in [0.4, 0.5) is 5.69 Å². The van der Waals surface area contributed by atoms with Crippen molar-refractivity contribution in [3.05, 3.63) is 38.3 Å². The Morgan fingerprint density at radius 2 is 2.26 bits per heavy atom. The van der Waals surface area contributed by atoms with E-state index in [9.17, 15) is 10.1 Å². The zero-order valence-electron chi connectivity index (χ0n) is 10.9. The Labute approximate surface area is 121 Å². The van der Waals surface area contributed by atoms with Crippen molar-refractivity contribution >= 4 is 21.6 Å². The van der Waals surface area contributed by atoms with Gasteiger partial charge in [-0.3, -0.25) is 15.0 Å². The molecular formula is C13H18BrN3O2. The average molecular weight is 328 g/mol. The first-order chi connectivity index (χ1) is 9.04. The van der Waals surface area contributed by atoms with Crippen LogP contribution in [-0.4, -0.2) is 29.5 Å². The van der Waals surface area contributed by atoms with Crippen LogP contribution in [0, 0.1) is 16.0 Å². The lowest BCUT2D eigenvalue weighted by atomic mass is 10.1. The van der Waals surface area contributed by atoms with Crippen LogP contribution < -0.4 is 5.73 Å². The van der Waals surface area contributed by atoms with E-state index in [1.807, 2.05) is 13.1 Å². The smallest absolute Gasteiger partial charge is 0.283 e. The van der Waals surface area contributed by atoms with Gasteiger partial charge in [0.1, 0.15) is 0 Å². The Morgan fingerprint density at radius 1 is 1.58 bits per heavy atom. The molecule has 1 aromatic rings. The molecule has 0 aromatic heterocycles. The Morgan fingerprint density at radius 3 is 2.79 bits per heavy atom. The summed E-state index contributed by atoms with van der Waals surface area (Å²) < 4.78 is 0.568. The van der Waals surface area contributed by atoms with Crippen molar-refractivity contribution in [2.45, 2.75) is 25.4 Å².